The van der Waals surface area contributed by atoms with Crippen molar-refractivity contribution in [3.63, 3.8) is 0 Å². The molecule has 0 saturated carbocycles. The number of nitrogens with zero attached hydrogens (tertiary/aromatic N) is 1. The van der Waals surface area contributed by atoms with Crippen LogP contribution in [0.2, 0.25) is 0 Å². The van der Waals surface area contributed by atoms with Crippen molar-refractivity contribution in [1.82, 2.24) is 10.3 Å². The van der Waals surface area contributed by atoms with Crippen LogP contribution in [0.5, 0.6) is 0 Å². The molecule has 7 heteroatoms. The minimum atomic E-state index is -0.680. The first kappa shape index (κ1) is 15.2. The number of carbonyl (C=O) groups excluding carboxylic acids is 1. The molecule has 1 saturated heterocycles. The number of aryl methyl sites for hydroxylation is 1. The summed E-state index contributed by atoms with van der Waals surface area (Å²) in [5.41, 5.74) is -0.381. The van der Waals surface area contributed by atoms with E-state index in [2.05, 4.69) is 15.6 Å². The number of thiazole rings is 1. The number of rotatable bonds is 3. The Morgan fingerprint density at radius 1 is 1.55 bits per heavy atom. The lowest BCUT2D eigenvalue weighted by atomic mass is 9.92. The van der Waals surface area contributed by atoms with Gasteiger partial charge in [-0.05, 0) is 27.7 Å². The molecule has 0 unspecified atom stereocenters. The molecule has 1 aliphatic rings. The van der Waals surface area contributed by atoms with E-state index in [0.717, 1.165) is 10.6 Å². The van der Waals surface area contributed by atoms with Crippen LogP contribution in [0.25, 0.3) is 0 Å². The number of amides is 1. The quantitative estimate of drug-likeness (QED) is 0.791. The summed E-state index contributed by atoms with van der Waals surface area (Å²) in [4.78, 5) is 17.0. The summed E-state index contributed by atoms with van der Waals surface area (Å²) in [6, 6.07) is 0. The Hall–Kier alpha value is -1.18. The van der Waals surface area contributed by atoms with E-state index in [0.29, 0.717) is 24.6 Å². The van der Waals surface area contributed by atoms with Crippen molar-refractivity contribution >= 4 is 22.6 Å². The minimum absolute atomic E-state index is 0.502. The highest BCUT2D eigenvalue weighted by atomic mass is 32.1. The fourth-order valence-corrected chi connectivity index (χ4v) is 2.96. The molecule has 2 rings (SSSR count). The molecule has 20 heavy (non-hydrogen) atoms. The first-order valence-corrected chi connectivity index (χ1v) is 7.38. The molecule has 6 nitrogen and oxygen atoms in total. The summed E-state index contributed by atoms with van der Waals surface area (Å²) in [6.45, 7) is 8.50. The molecule has 112 valence electrons. The van der Waals surface area contributed by atoms with Gasteiger partial charge in [-0.2, -0.15) is 0 Å². The molecule has 2 heterocycles. The minimum Gasteiger partial charge on any atom is -0.444 e. The van der Waals surface area contributed by atoms with Gasteiger partial charge >= 0.3 is 6.09 Å². The third-order valence-electron chi connectivity index (χ3n) is 2.90. The zero-order valence-electron chi connectivity index (χ0n) is 12.2. The van der Waals surface area contributed by atoms with Crippen molar-refractivity contribution in [1.29, 1.82) is 0 Å². The molecule has 0 spiro atoms. The Bertz CT molecular complexity index is 503. The lowest BCUT2D eigenvalue weighted by molar-refractivity contribution is -0.00850. The zero-order valence-corrected chi connectivity index (χ0v) is 13.1. The van der Waals surface area contributed by atoms with Gasteiger partial charge in [-0.15, -0.1) is 11.3 Å². The average Bonchev–Trinajstić information content (AvgIpc) is 2.53. The maximum Gasteiger partial charge on any atom is 0.413 e. The van der Waals surface area contributed by atoms with Crippen LogP contribution >= 0.6 is 11.3 Å². The molecule has 1 aliphatic heterocycles. The SMILES string of the molecule is Cc1nc(NC(=O)OC(C)(C)C)sc1CC1(O)CNC1. The maximum atomic E-state index is 11.7. The van der Waals surface area contributed by atoms with E-state index in [-0.39, 0.29) is 0 Å². The van der Waals surface area contributed by atoms with E-state index in [9.17, 15) is 9.90 Å². The van der Waals surface area contributed by atoms with Crippen LogP contribution in [-0.2, 0) is 11.2 Å². The second kappa shape index (κ2) is 5.31. The Labute approximate surface area is 122 Å². The first-order chi connectivity index (χ1) is 9.17. The number of hydrogen-bond donors (Lipinski definition) is 3. The fourth-order valence-electron chi connectivity index (χ4n) is 1.87. The smallest absolute Gasteiger partial charge is 0.413 e. The fraction of sp³-hybridized carbons (Fsp3) is 0.692. The highest BCUT2D eigenvalue weighted by Crippen LogP contribution is 2.28. The molecule has 1 fully saturated rings. The Kier molecular flexibility index (Phi) is 4.04. The highest BCUT2D eigenvalue weighted by molar-refractivity contribution is 7.15. The monoisotopic (exact) mass is 299 g/mol. The van der Waals surface area contributed by atoms with Crippen molar-refractivity contribution in [2.75, 3.05) is 18.4 Å². The third-order valence-corrected chi connectivity index (χ3v) is 3.97. The molecule has 0 radical (unpaired) electrons. The number of anilines is 1. The molecule has 0 aromatic carbocycles. The van der Waals surface area contributed by atoms with E-state index < -0.39 is 17.3 Å². The van der Waals surface area contributed by atoms with Crippen LogP contribution < -0.4 is 10.6 Å². The van der Waals surface area contributed by atoms with Gasteiger partial charge in [0.15, 0.2) is 5.13 Å². The Morgan fingerprint density at radius 2 is 2.20 bits per heavy atom. The van der Waals surface area contributed by atoms with Gasteiger partial charge in [-0.3, -0.25) is 5.32 Å². The first-order valence-electron chi connectivity index (χ1n) is 6.56. The predicted molar refractivity (Wildman–Crippen MR) is 78.2 cm³/mol. The molecule has 0 atom stereocenters. The maximum absolute atomic E-state index is 11.7. The molecule has 1 aromatic rings. The van der Waals surface area contributed by atoms with E-state index in [4.69, 9.17) is 4.74 Å². The van der Waals surface area contributed by atoms with Gasteiger partial charge in [0.2, 0.25) is 0 Å². The number of carbonyl (C=O) groups is 1. The van der Waals surface area contributed by atoms with Gasteiger partial charge in [-0.25, -0.2) is 9.78 Å². The number of nitrogens with one attached hydrogen (secondary N) is 2. The van der Waals surface area contributed by atoms with Gasteiger partial charge in [-0.1, -0.05) is 0 Å². The van der Waals surface area contributed by atoms with Crippen molar-refractivity contribution in [2.24, 2.45) is 0 Å². The number of hydrogen-bond acceptors (Lipinski definition) is 6. The summed E-state index contributed by atoms with van der Waals surface area (Å²) < 4.78 is 5.18. The van der Waals surface area contributed by atoms with Gasteiger partial charge in [0.05, 0.1) is 11.3 Å². The number of β-amino-alcohol motifs (C(OH)–C–C–N with tert-alkyl or cyclic N) is 1. The second-order valence-corrected chi connectivity index (χ2v) is 7.24. The predicted octanol–water partition coefficient (Wildman–Crippen LogP) is 1.68. The topological polar surface area (TPSA) is 83.5 Å². The molecule has 0 aliphatic carbocycles. The Morgan fingerprint density at radius 3 is 2.70 bits per heavy atom. The lowest BCUT2D eigenvalue weighted by Gasteiger charge is -2.37. The molecule has 3 N–H and O–H groups in total. The van der Waals surface area contributed by atoms with Gasteiger partial charge < -0.3 is 15.2 Å². The van der Waals surface area contributed by atoms with Crippen LogP contribution in [0.3, 0.4) is 0 Å². The Balaban J connectivity index is 1.98. The number of aromatic nitrogens is 1. The third kappa shape index (κ3) is 3.91. The van der Waals surface area contributed by atoms with Crippen LogP contribution in [0, 0.1) is 6.92 Å². The van der Waals surface area contributed by atoms with E-state index in [1.165, 1.54) is 11.3 Å². The van der Waals surface area contributed by atoms with E-state index in [1.54, 1.807) is 0 Å². The van der Waals surface area contributed by atoms with Crippen molar-refractivity contribution in [3.8, 4) is 0 Å². The summed E-state index contributed by atoms with van der Waals surface area (Å²) in [6.07, 6.45) is 0.0429. The van der Waals surface area contributed by atoms with Crippen molar-refractivity contribution < 1.29 is 14.6 Å². The van der Waals surface area contributed by atoms with Gasteiger partial charge in [0.1, 0.15) is 5.60 Å². The standard InChI is InChI=1S/C13H21N3O3S/c1-8-9(5-13(18)6-14-7-13)20-10(15-8)16-11(17)19-12(2,3)4/h14,18H,5-7H2,1-4H3,(H,15,16,17). The van der Waals surface area contributed by atoms with Crippen LogP contribution in [-0.4, -0.2) is 40.5 Å². The number of aliphatic hydroxyl groups is 1. The average molecular weight is 299 g/mol. The molecular formula is C13H21N3O3S. The zero-order chi connectivity index (χ0) is 15.0. The van der Waals surface area contributed by atoms with Crippen molar-refractivity contribution in [2.45, 2.75) is 45.3 Å². The van der Waals surface area contributed by atoms with Gasteiger partial charge in [0, 0.05) is 24.4 Å². The molecule has 1 aromatic heterocycles. The van der Waals surface area contributed by atoms with Crippen LogP contribution in [0.1, 0.15) is 31.3 Å². The summed E-state index contributed by atoms with van der Waals surface area (Å²) >= 11 is 1.38. The normalized spacial score (nSPS) is 17.4. The summed E-state index contributed by atoms with van der Waals surface area (Å²) in [5, 5.41) is 16.3. The highest BCUT2D eigenvalue weighted by Gasteiger charge is 2.35. The molecule has 1 amide bonds. The molecular weight excluding hydrogens is 278 g/mol. The lowest BCUT2D eigenvalue weighted by Crippen LogP contribution is -2.60. The van der Waals surface area contributed by atoms with E-state index in [1.807, 2.05) is 27.7 Å². The molecule has 0 bridgehead atoms. The van der Waals surface area contributed by atoms with Crippen molar-refractivity contribution in [3.05, 3.63) is 10.6 Å². The van der Waals surface area contributed by atoms with E-state index >= 15 is 0 Å². The largest absolute Gasteiger partial charge is 0.444 e. The number of ether oxygens (including phenoxy) is 1. The van der Waals surface area contributed by atoms with Crippen LogP contribution in [0.15, 0.2) is 0 Å². The summed E-state index contributed by atoms with van der Waals surface area (Å²) in [5.74, 6) is 0. The van der Waals surface area contributed by atoms with Gasteiger partial charge in [0.25, 0.3) is 0 Å². The second-order valence-electron chi connectivity index (χ2n) is 6.16. The summed E-state index contributed by atoms with van der Waals surface area (Å²) in [7, 11) is 0. The van der Waals surface area contributed by atoms with Crippen LogP contribution in [0.4, 0.5) is 9.93 Å².